The van der Waals surface area contributed by atoms with Crippen molar-refractivity contribution in [2.45, 2.75) is 6.54 Å². The molecule has 0 aromatic heterocycles. The summed E-state index contributed by atoms with van der Waals surface area (Å²) in [4.78, 5) is 28.3. The minimum absolute atomic E-state index is 0.0907. The predicted octanol–water partition coefficient (Wildman–Crippen LogP) is 2.43. The van der Waals surface area contributed by atoms with Crippen molar-refractivity contribution in [2.75, 3.05) is 33.3 Å². The van der Waals surface area contributed by atoms with Crippen LogP contribution >= 0.6 is 0 Å². The normalized spacial score (nSPS) is 15.0. The summed E-state index contributed by atoms with van der Waals surface area (Å²) in [6.07, 6.45) is 0. The second kappa shape index (κ2) is 7.94. The molecule has 5 heteroatoms. The number of benzene rings is 2. The zero-order chi connectivity index (χ0) is 17.6. The topological polar surface area (TPSA) is 49.9 Å². The second-order valence-electron chi connectivity index (χ2n) is 6.13. The second-order valence-corrected chi connectivity index (χ2v) is 6.13. The van der Waals surface area contributed by atoms with Gasteiger partial charge in [0.2, 0.25) is 0 Å². The fourth-order valence-corrected chi connectivity index (χ4v) is 3.05. The Morgan fingerprint density at radius 1 is 0.920 bits per heavy atom. The molecule has 25 heavy (non-hydrogen) atoms. The molecule has 3 rings (SSSR count). The maximum absolute atomic E-state index is 12.5. The molecule has 0 spiro atoms. The van der Waals surface area contributed by atoms with Crippen molar-refractivity contribution < 1.29 is 14.3 Å². The standard InChI is InChI=1S/C20H22N2O3/c1-25-20(24)18-9-5-6-16(14-18)15-21-10-12-22(13-11-21)19(23)17-7-3-2-4-8-17/h2-9,14H,10-13,15H2,1H3. The van der Waals surface area contributed by atoms with E-state index < -0.39 is 0 Å². The summed E-state index contributed by atoms with van der Waals surface area (Å²) < 4.78 is 4.77. The van der Waals surface area contributed by atoms with Crippen LogP contribution in [0.25, 0.3) is 0 Å². The van der Waals surface area contributed by atoms with Crippen molar-refractivity contribution >= 4 is 11.9 Å². The van der Waals surface area contributed by atoms with Crippen LogP contribution in [0.15, 0.2) is 54.6 Å². The van der Waals surface area contributed by atoms with Crippen LogP contribution < -0.4 is 0 Å². The van der Waals surface area contributed by atoms with Crippen molar-refractivity contribution in [3.63, 3.8) is 0 Å². The van der Waals surface area contributed by atoms with E-state index in [4.69, 9.17) is 4.74 Å². The Morgan fingerprint density at radius 2 is 1.60 bits per heavy atom. The average Bonchev–Trinajstić information content (AvgIpc) is 2.68. The van der Waals surface area contributed by atoms with Crippen LogP contribution in [0.5, 0.6) is 0 Å². The van der Waals surface area contributed by atoms with E-state index in [0.29, 0.717) is 18.7 Å². The number of esters is 1. The van der Waals surface area contributed by atoms with Crippen LogP contribution in [0, 0.1) is 0 Å². The average molecular weight is 338 g/mol. The van der Waals surface area contributed by atoms with Gasteiger partial charge in [-0.1, -0.05) is 30.3 Å². The number of hydrogen-bond acceptors (Lipinski definition) is 4. The number of amides is 1. The molecule has 0 bridgehead atoms. The summed E-state index contributed by atoms with van der Waals surface area (Å²) in [5.74, 6) is -0.229. The van der Waals surface area contributed by atoms with E-state index in [-0.39, 0.29) is 11.9 Å². The van der Waals surface area contributed by atoms with Gasteiger partial charge in [0.25, 0.3) is 5.91 Å². The zero-order valence-electron chi connectivity index (χ0n) is 14.4. The smallest absolute Gasteiger partial charge is 0.337 e. The third kappa shape index (κ3) is 4.25. The van der Waals surface area contributed by atoms with Gasteiger partial charge in [0.1, 0.15) is 0 Å². The molecule has 1 amide bonds. The van der Waals surface area contributed by atoms with Gasteiger partial charge in [-0.2, -0.15) is 0 Å². The first-order valence-electron chi connectivity index (χ1n) is 8.41. The molecule has 0 atom stereocenters. The maximum atomic E-state index is 12.5. The molecule has 130 valence electrons. The zero-order valence-corrected chi connectivity index (χ0v) is 14.4. The highest BCUT2D eigenvalue weighted by molar-refractivity contribution is 5.94. The SMILES string of the molecule is COC(=O)c1cccc(CN2CCN(C(=O)c3ccccc3)CC2)c1. The molecule has 0 aliphatic carbocycles. The van der Waals surface area contributed by atoms with E-state index in [2.05, 4.69) is 4.90 Å². The molecular formula is C20H22N2O3. The van der Waals surface area contributed by atoms with Crippen LogP contribution in [0.4, 0.5) is 0 Å². The van der Waals surface area contributed by atoms with Crippen molar-refractivity contribution in [2.24, 2.45) is 0 Å². The van der Waals surface area contributed by atoms with E-state index >= 15 is 0 Å². The maximum Gasteiger partial charge on any atom is 0.337 e. The van der Waals surface area contributed by atoms with Crippen LogP contribution in [0.1, 0.15) is 26.3 Å². The molecule has 1 saturated heterocycles. The number of piperazine rings is 1. The van der Waals surface area contributed by atoms with Crippen LogP contribution in [-0.2, 0) is 11.3 Å². The monoisotopic (exact) mass is 338 g/mol. The third-order valence-electron chi connectivity index (χ3n) is 4.43. The van der Waals surface area contributed by atoms with E-state index in [1.54, 1.807) is 6.07 Å². The summed E-state index contributed by atoms with van der Waals surface area (Å²) >= 11 is 0. The van der Waals surface area contributed by atoms with Gasteiger partial charge >= 0.3 is 5.97 Å². The molecule has 1 aliphatic heterocycles. The van der Waals surface area contributed by atoms with E-state index in [1.165, 1.54) is 7.11 Å². The largest absolute Gasteiger partial charge is 0.465 e. The molecule has 5 nitrogen and oxygen atoms in total. The number of rotatable bonds is 4. The molecule has 1 heterocycles. The molecule has 0 saturated carbocycles. The lowest BCUT2D eigenvalue weighted by molar-refractivity contribution is 0.0595. The number of carbonyl (C=O) groups excluding carboxylic acids is 2. The van der Waals surface area contributed by atoms with Gasteiger partial charge in [-0.25, -0.2) is 4.79 Å². The van der Waals surface area contributed by atoms with Crippen LogP contribution in [0.2, 0.25) is 0 Å². The highest BCUT2D eigenvalue weighted by atomic mass is 16.5. The third-order valence-corrected chi connectivity index (χ3v) is 4.43. The number of methoxy groups -OCH3 is 1. The molecule has 1 aliphatic rings. The number of hydrogen-bond donors (Lipinski definition) is 0. The Kier molecular flexibility index (Phi) is 5.46. The Hall–Kier alpha value is -2.66. The highest BCUT2D eigenvalue weighted by Gasteiger charge is 2.22. The number of nitrogens with zero attached hydrogens (tertiary/aromatic N) is 2. The first kappa shape index (κ1) is 17.2. The van der Waals surface area contributed by atoms with Gasteiger partial charge in [-0.15, -0.1) is 0 Å². The Labute approximate surface area is 147 Å². The minimum Gasteiger partial charge on any atom is -0.465 e. The predicted molar refractivity (Wildman–Crippen MR) is 95.4 cm³/mol. The summed E-state index contributed by atoms with van der Waals surface area (Å²) in [6.45, 7) is 3.83. The Balaban J connectivity index is 1.56. The number of carbonyl (C=O) groups is 2. The molecule has 2 aromatic carbocycles. The fraction of sp³-hybridized carbons (Fsp3) is 0.300. The van der Waals surface area contributed by atoms with Gasteiger partial charge in [0.15, 0.2) is 0 Å². The minimum atomic E-state index is -0.319. The fourth-order valence-electron chi connectivity index (χ4n) is 3.05. The highest BCUT2D eigenvalue weighted by Crippen LogP contribution is 2.13. The molecule has 1 fully saturated rings. The van der Waals surface area contributed by atoms with Crippen molar-refractivity contribution in [1.29, 1.82) is 0 Å². The molecule has 0 N–H and O–H groups in total. The summed E-state index contributed by atoms with van der Waals surface area (Å²) in [5.41, 5.74) is 2.38. The van der Waals surface area contributed by atoms with Gasteiger partial charge in [-0.3, -0.25) is 9.69 Å². The van der Waals surface area contributed by atoms with E-state index in [9.17, 15) is 9.59 Å². The summed E-state index contributed by atoms with van der Waals surface area (Å²) in [7, 11) is 1.39. The van der Waals surface area contributed by atoms with Crippen molar-refractivity contribution in [3.05, 3.63) is 71.3 Å². The summed E-state index contributed by atoms with van der Waals surface area (Å²) in [6, 6.07) is 16.9. The van der Waals surface area contributed by atoms with Crippen LogP contribution in [-0.4, -0.2) is 55.0 Å². The Morgan fingerprint density at radius 3 is 2.28 bits per heavy atom. The van der Waals surface area contributed by atoms with Crippen LogP contribution in [0.3, 0.4) is 0 Å². The first-order chi connectivity index (χ1) is 12.2. The molecule has 0 unspecified atom stereocenters. The molecular weight excluding hydrogens is 316 g/mol. The van der Waals surface area contributed by atoms with E-state index in [0.717, 1.165) is 30.8 Å². The summed E-state index contributed by atoms with van der Waals surface area (Å²) in [5, 5.41) is 0. The van der Waals surface area contributed by atoms with Gasteiger partial charge in [0.05, 0.1) is 12.7 Å². The van der Waals surface area contributed by atoms with Crippen molar-refractivity contribution in [3.8, 4) is 0 Å². The van der Waals surface area contributed by atoms with E-state index in [1.807, 2.05) is 53.4 Å². The molecule has 2 aromatic rings. The first-order valence-corrected chi connectivity index (χ1v) is 8.41. The van der Waals surface area contributed by atoms with Gasteiger partial charge < -0.3 is 9.64 Å². The van der Waals surface area contributed by atoms with Gasteiger partial charge in [-0.05, 0) is 29.8 Å². The lowest BCUT2D eigenvalue weighted by atomic mass is 10.1. The lowest BCUT2D eigenvalue weighted by Gasteiger charge is -2.34. The van der Waals surface area contributed by atoms with Crippen molar-refractivity contribution in [1.82, 2.24) is 9.80 Å². The van der Waals surface area contributed by atoms with Gasteiger partial charge in [0, 0.05) is 38.3 Å². The Bertz CT molecular complexity index is 738. The lowest BCUT2D eigenvalue weighted by Crippen LogP contribution is -2.48. The number of ether oxygens (including phenoxy) is 1. The quantitative estimate of drug-likeness (QED) is 0.804. The molecule has 0 radical (unpaired) electrons.